The predicted molar refractivity (Wildman–Crippen MR) is 33.0 cm³/mol. The van der Waals surface area contributed by atoms with Crippen LogP contribution in [0.3, 0.4) is 0 Å². The van der Waals surface area contributed by atoms with Gasteiger partial charge in [-0.25, -0.2) is 4.79 Å². The maximum atomic E-state index is 9.79. The molecule has 0 aromatic rings. The van der Waals surface area contributed by atoms with Crippen molar-refractivity contribution >= 4 is 5.97 Å². The molecule has 10 heavy (non-hydrogen) atoms. The third-order valence-corrected chi connectivity index (χ3v) is 0.644. The topological polar surface area (TPSA) is 89.8 Å². The number of carboxylic acid groups (broad SMARTS) is 1. The number of nitrogens with one attached hydrogen (secondary N) is 1. The van der Waals surface area contributed by atoms with Gasteiger partial charge in [0.25, 0.3) is 0 Å². The van der Waals surface area contributed by atoms with Crippen LogP contribution in [0.5, 0.6) is 0 Å². The minimum absolute atomic E-state index is 0.0796. The number of aliphatic hydroxyl groups is 2. The van der Waals surface area contributed by atoms with Gasteiger partial charge in [-0.2, -0.15) is 0 Å². The number of carbonyl (C=O) groups is 1. The van der Waals surface area contributed by atoms with Crippen molar-refractivity contribution < 1.29 is 20.1 Å². The van der Waals surface area contributed by atoms with Gasteiger partial charge in [0, 0.05) is 12.3 Å². The lowest BCUT2D eigenvalue weighted by molar-refractivity contribution is -0.131. The van der Waals surface area contributed by atoms with E-state index in [9.17, 15) is 4.79 Å². The fourth-order valence-electron chi connectivity index (χ4n) is 0.304. The Bertz CT molecular complexity index is 132. The summed E-state index contributed by atoms with van der Waals surface area (Å²) in [5, 5.41) is 26.8. The Kier molecular flexibility index (Phi) is 4.26. The summed E-state index contributed by atoms with van der Waals surface area (Å²) in [7, 11) is 0. The molecule has 0 bridgehead atoms. The first-order valence-corrected chi connectivity index (χ1v) is 2.62. The highest BCUT2D eigenvalue weighted by Crippen LogP contribution is 1.71. The molecule has 0 aliphatic rings. The van der Waals surface area contributed by atoms with Crippen molar-refractivity contribution in [3.8, 4) is 0 Å². The first-order valence-electron chi connectivity index (χ1n) is 2.62. The van der Waals surface area contributed by atoms with E-state index in [-0.39, 0.29) is 6.54 Å². The highest BCUT2D eigenvalue weighted by molar-refractivity contribution is 5.79. The fourth-order valence-corrected chi connectivity index (χ4v) is 0.304. The summed E-state index contributed by atoms with van der Waals surface area (Å²) in [6.45, 7) is -0.0796. The molecule has 4 N–H and O–H groups in total. The number of aliphatic hydroxyl groups excluding tert-OH is 1. The Morgan fingerprint density at radius 1 is 1.60 bits per heavy atom. The Labute approximate surface area is 57.6 Å². The lowest BCUT2D eigenvalue weighted by Crippen LogP contribution is -2.21. The highest BCUT2D eigenvalue weighted by atomic mass is 16.5. The van der Waals surface area contributed by atoms with Crippen LogP contribution in [-0.2, 0) is 4.79 Å². The first-order chi connectivity index (χ1) is 4.63. The maximum absolute atomic E-state index is 9.79. The molecular formula is C5H9NO4. The van der Waals surface area contributed by atoms with E-state index >= 15 is 0 Å². The summed E-state index contributed by atoms with van der Waals surface area (Å²) in [4.78, 5) is 9.79. The number of hydrogen-bond donors (Lipinski definition) is 4. The number of carboxylic acids is 1. The summed E-state index contributed by atoms with van der Waals surface area (Å²) in [5.41, 5.74) is 0. The molecule has 0 saturated heterocycles. The average Bonchev–Trinajstić information content (AvgIpc) is 1.79. The van der Waals surface area contributed by atoms with Gasteiger partial charge in [0.1, 0.15) is 0 Å². The Balaban J connectivity index is 3.27. The molecule has 0 aromatic carbocycles. The quantitative estimate of drug-likeness (QED) is 0.286. The van der Waals surface area contributed by atoms with Gasteiger partial charge in [-0.05, 0) is 0 Å². The minimum Gasteiger partial charge on any atom is -0.478 e. The van der Waals surface area contributed by atoms with E-state index in [2.05, 4.69) is 5.32 Å². The van der Waals surface area contributed by atoms with Crippen molar-refractivity contribution in [1.29, 1.82) is 0 Å². The lowest BCUT2D eigenvalue weighted by Gasteiger charge is -2.00. The van der Waals surface area contributed by atoms with Gasteiger partial charge in [-0.15, -0.1) is 0 Å². The third kappa shape index (κ3) is 6.93. The normalized spacial score (nSPS) is 10.7. The Hall–Kier alpha value is -1.07. The van der Waals surface area contributed by atoms with E-state index in [1.54, 1.807) is 0 Å². The van der Waals surface area contributed by atoms with Crippen LogP contribution in [0, 0.1) is 0 Å². The second-order valence-corrected chi connectivity index (χ2v) is 1.56. The van der Waals surface area contributed by atoms with E-state index in [1.807, 2.05) is 0 Å². The van der Waals surface area contributed by atoms with Crippen molar-refractivity contribution in [1.82, 2.24) is 5.32 Å². The molecule has 0 spiro atoms. The molecule has 0 atom stereocenters. The molecule has 0 saturated carbocycles. The monoisotopic (exact) mass is 147 g/mol. The second kappa shape index (κ2) is 4.78. The van der Waals surface area contributed by atoms with Crippen molar-refractivity contribution in [3.63, 3.8) is 0 Å². The highest BCUT2D eigenvalue weighted by Gasteiger charge is 1.91. The molecule has 58 valence electrons. The molecule has 0 aliphatic carbocycles. The molecule has 5 heteroatoms. The van der Waals surface area contributed by atoms with Crippen molar-refractivity contribution in [2.24, 2.45) is 0 Å². The summed E-state index contributed by atoms with van der Waals surface area (Å²) >= 11 is 0. The molecule has 0 aromatic heterocycles. The zero-order valence-electron chi connectivity index (χ0n) is 5.19. The Morgan fingerprint density at radius 2 is 2.20 bits per heavy atom. The molecular weight excluding hydrogens is 138 g/mol. The predicted octanol–water partition coefficient (Wildman–Crippen LogP) is -1.51. The van der Waals surface area contributed by atoms with Crippen LogP contribution in [0.1, 0.15) is 0 Å². The third-order valence-electron chi connectivity index (χ3n) is 0.644. The molecule has 0 rings (SSSR count). The fraction of sp³-hybridized carbons (Fsp3) is 0.400. The van der Waals surface area contributed by atoms with Gasteiger partial charge in [0.2, 0.25) is 0 Å². The average molecular weight is 147 g/mol. The van der Waals surface area contributed by atoms with Gasteiger partial charge >= 0.3 is 5.97 Å². The molecule has 0 radical (unpaired) electrons. The van der Waals surface area contributed by atoms with Gasteiger partial charge in [-0.3, -0.25) is 0 Å². The summed E-state index contributed by atoms with van der Waals surface area (Å²) in [6, 6.07) is 0. The number of rotatable bonds is 4. The van der Waals surface area contributed by atoms with E-state index in [0.717, 1.165) is 12.3 Å². The SMILES string of the molecule is O=C(O)C=CNCC(O)O. The molecule has 0 heterocycles. The summed E-state index contributed by atoms with van der Waals surface area (Å²) in [5.74, 6) is -1.08. The smallest absolute Gasteiger partial charge is 0.329 e. The van der Waals surface area contributed by atoms with Crippen LogP contribution in [0.2, 0.25) is 0 Å². The van der Waals surface area contributed by atoms with E-state index in [4.69, 9.17) is 15.3 Å². The molecule has 0 amide bonds. The molecule has 5 nitrogen and oxygen atoms in total. The van der Waals surface area contributed by atoms with Crippen LogP contribution >= 0.6 is 0 Å². The minimum atomic E-state index is -1.46. The van der Waals surface area contributed by atoms with Gasteiger partial charge in [0.05, 0.1) is 6.54 Å². The van der Waals surface area contributed by atoms with Crippen molar-refractivity contribution in [3.05, 3.63) is 12.3 Å². The van der Waals surface area contributed by atoms with Crippen LogP contribution in [0.15, 0.2) is 12.3 Å². The van der Waals surface area contributed by atoms with Crippen molar-refractivity contribution in [2.75, 3.05) is 6.54 Å². The van der Waals surface area contributed by atoms with Gasteiger partial charge in [0.15, 0.2) is 6.29 Å². The van der Waals surface area contributed by atoms with E-state index in [1.165, 1.54) is 0 Å². The number of hydrogen-bond acceptors (Lipinski definition) is 4. The largest absolute Gasteiger partial charge is 0.478 e. The lowest BCUT2D eigenvalue weighted by atomic mass is 10.6. The first kappa shape index (κ1) is 8.93. The summed E-state index contributed by atoms with van der Waals surface area (Å²) in [6.07, 6.45) is 0.530. The van der Waals surface area contributed by atoms with Crippen molar-refractivity contribution in [2.45, 2.75) is 6.29 Å². The molecule has 0 aliphatic heterocycles. The summed E-state index contributed by atoms with van der Waals surface area (Å²) < 4.78 is 0. The standard InChI is InChI=1S/C5H9NO4/c7-4(8)1-2-6-3-5(9)10/h1-2,5-6,9-10H,3H2,(H,7,8). The zero-order chi connectivity index (χ0) is 7.98. The number of aliphatic carboxylic acids is 1. The van der Waals surface area contributed by atoms with Crippen LogP contribution in [0.4, 0.5) is 0 Å². The maximum Gasteiger partial charge on any atom is 0.329 e. The Morgan fingerprint density at radius 3 is 2.60 bits per heavy atom. The molecule has 0 unspecified atom stereocenters. The van der Waals surface area contributed by atoms with E-state index in [0.29, 0.717) is 0 Å². The molecule has 0 fully saturated rings. The van der Waals surface area contributed by atoms with Crippen LogP contribution < -0.4 is 5.32 Å². The van der Waals surface area contributed by atoms with E-state index < -0.39 is 12.3 Å². The zero-order valence-corrected chi connectivity index (χ0v) is 5.19. The van der Waals surface area contributed by atoms with Gasteiger partial charge < -0.3 is 20.6 Å². The van der Waals surface area contributed by atoms with Crippen LogP contribution in [0.25, 0.3) is 0 Å². The second-order valence-electron chi connectivity index (χ2n) is 1.56. The van der Waals surface area contributed by atoms with Gasteiger partial charge in [-0.1, -0.05) is 0 Å². The van der Waals surface area contributed by atoms with Crippen LogP contribution in [-0.4, -0.2) is 34.1 Å².